The highest BCUT2D eigenvalue weighted by Crippen LogP contribution is 2.10. The van der Waals surface area contributed by atoms with Gasteiger partial charge in [-0.1, -0.05) is 32.3 Å². The van der Waals surface area contributed by atoms with Crippen molar-refractivity contribution in [2.45, 2.75) is 46.0 Å². The van der Waals surface area contributed by atoms with Crippen LogP contribution in [0.4, 0.5) is 0 Å². The molecule has 0 fully saturated rings. The van der Waals surface area contributed by atoms with Gasteiger partial charge in [-0.15, -0.1) is 0 Å². The van der Waals surface area contributed by atoms with Crippen LogP contribution in [0.2, 0.25) is 0 Å². The summed E-state index contributed by atoms with van der Waals surface area (Å²) in [6, 6.07) is 6.22. The summed E-state index contributed by atoms with van der Waals surface area (Å²) in [4.78, 5) is 11.7. The van der Waals surface area contributed by atoms with Crippen LogP contribution in [-0.2, 0) is 0 Å². The maximum absolute atomic E-state index is 11.7. The summed E-state index contributed by atoms with van der Waals surface area (Å²) in [6.45, 7) is 4.09. The molecule has 0 saturated heterocycles. The first-order chi connectivity index (χ1) is 9.13. The third kappa shape index (κ3) is 6.04. The number of unbranched alkanes of at least 4 members (excludes halogenated alkanes) is 3. The molecular weight excluding hydrogens is 240 g/mol. The second kappa shape index (κ2) is 8.29. The fourth-order valence-electron chi connectivity index (χ4n) is 1.72. The molecule has 1 aromatic carbocycles. The Morgan fingerprint density at radius 2 is 2.11 bits per heavy atom. The van der Waals surface area contributed by atoms with Crippen LogP contribution in [0.15, 0.2) is 29.4 Å². The molecule has 0 bridgehead atoms. The lowest BCUT2D eigenvalue weighted by atomic mass is 10.1. The van der Waals surface area contributed by atoms with Crippen LogP contribution >= 0.6 is 0 Å². The molecular formula is C15H22N2O2. The Kier molecular flexibility index (Phi) is 6.64. The van der Waals surface area contributed by atoms with E-state index >= 15 is 0 Å². The maximum Gasteiger partial charge on any atom is 0.271 e. The fourth-order valence-corrected chi connectivity index (χ4v) is 1.72. The number of carbonyl (C=O) groups is 1. The van der Waals surface area contributed by atoms with Gasteiger partial charge in [-0.3, -0.25) is 4.79 Å². The summed E-state index contributed by atoms with van der Waals surface area (Å²) in [5.41, 5.74) is 3.83. The summed E-state index contributed by atoms with van der Waals surface area (Å²) in [5.74, 6) is -0.225. The topological polar surface area (TPSA) is 61.7 Å². The molecule has 4 nitrogen and oxygen atoms in total. The smallest absolute Gasteiger partial charge is 0.271 e. The summed E-state index contributed by atoms with van der Waals surface area (Å²) in [5, 5.41) is 13.4. The Labute approximate surface area is 114 Å². The van der Waals surface area contributed by atoms with E-state index in [0.29, 0.717) is 5.56 Å². The first-order valence-electron chi connectivity index (χ1n) is 6.76. The average molecular weight is 262 g/mol. The molecule has 1 rings (SSSR count). The summed E-state index contributed by atoms with van der Waals surface area (Å²) >= 11 is 0. The highest BCUT2D eigenvalue weighted by molar-refractivity contribution is 5.95. The van der Waals surface area contributed by atoms with Crippen molar-refractivity contribution >= 4 is 11.6 Å². The number of carbonyl (C=O) groups excluding carboxylic acids is 1. The molecule has 0 spiro atoms. The van der Waals surface area contributed by atoms with Crippen LogP contribution in [0, 0.1) is 0 Å². The SMILES string of the molecule is CCCCCC/C(C)=N/NC(=O)c1cccc(O)c1. The van der Waals surface area contributed by atoms with Crippen molar-refractivity contribution in [3.63, 3.8) is 0 Å². The van der Waals surface area contributed by atoms with E-state index in [1.165, 1.54) is 31.4 Å². The van der Waals surface area contributed by atoms with Gasteiger partial charge in [-0.2, -0.15) is 5.10 Å². The predicted molar refractivity (Wildman–Crippen MR) is 77.4 cm³/mol. The van der Waals surface area contributed by atoms with Crippen molar-refractivity contribution < 1.29 is 9.90 Å². The van der Waals surface area contributed by atoms with Crippen molar-refractivity contribution in [1.29, 1.82) is 0 Å². The summed E-state index contributed by atoms with van der Waals surface area (Å²) in [6.07, 6.45) is 5.66. The van der Waals surface area contributed by atoms with E-state index in [2.05, 4.69) is 17.5 Å². The second-order valence-electron chi connectivity index (χ2n) is 4.65. The normalized spacial score (nSPS) is 11.4. The van der Waals surface area contributed by atoms with Gasteiger partial charge in [-0.05, 0) is 38.0 Å². The van der Waals surface area contributed by atoms with Gasteiger partial charge in [0.15, 0.2) is 0 Å². The van der Waals surface area contributed by atoms with Crippen molar-refractivity contribution in [2.24, 2.45) is 5.10 Å². The minimum atomic E-state index is -0.302. The third-order valence-electron chi connectivity index (χ3n) is 2.85. The molecule has 0 saturated carbocycles. The minimum absolute atomic E-state index is 0.0768. The molecule has 1 aromatic rings. The average Bonchev–Trinajstić information content (AvgIpc) is 2.41. The van der Waals surface area contributed by atoms with Crippen LogP contribution in [0.3, 0.4) is 0 Å². The maximum atomic E-state index is 11.7. The van der Waals surface area contributed by atoms with Crippen LogP contribution in [0.25, 0.3) is 0 Å². The largest absolute Gasteiger partial charge is 0.508 e. The number of phenolic OH excluding ortho intramolecular Hbond substituents is 1. The van der Waals surface area contributed by atoms with Gasteiger partial charge >= 0.3 is 0 Å². The monoisotopic (exact) mass is 262 g/mol. The Bertz CT molecular complexity index is 442. The molecule has 104 valence electrons. The number of hydrazone groups is 1. The van der Waals surface area contributed by atoms with Gasteiger partial charge in [0.2, 0.25) is 0 Å². The first kappa shape index (κ1) is 15.2. The number of aromatic hydroxyl groups is 1. The number of nitrogens with one attached hydrogen (secondary N) is 1. The highest BCUT2D eigenvalue weighted by atomic mass is 16.3. The molecule has 0 aliphatic carbocycles. The Hall–Kier alpha value is -1.84. The van der Waals surface area contributed by atoms with E-state index in [9.17, 15) is 9.90 Å². The fraction of sp³-hybridized carbons (Fsp3) is 0.467. The summed E-state index contributed by atoms with van der Waals surface area (Å²) < 4.78 is 0. The number of hydrogen-bond donors (Lipinski definition) is 2. The van der Waals surface area contributed by atoms with Crippen molar-refractivity contribution in [2.75, 3.05) is 0 Å². The molecule has 0 unspecified atom stereocenters. The molecule has 0 heterocycles. The lowest BCUT2D eigenvalue weighted by Gasteiger charge is -2.03. The van der Waals surface area contributed by atoms with E-state index in [-0.39, 0.29) is 11.7 Å². The van der Waals surface area contributed by atoms with Gasteiger partial charge in [0, 0.05) is 11.3 Å². The van der Waals surface area contributed by atoms with Crippen LogP contribution in [0.5, 0.6) is 5.75 Å². The van der Waals surface area contributed by atoms with Crippen LogP contribution < -0.4 is 5.43 Å². The van der Waals surface area contributed by atoms with E-state index in [1.807, 2.05) is 6.92 Å². The lowest BCUT2D eigenvalue weighted by Crippen LogP contribution is -2.18. The third-order valence-corrected chi connectivity index (χ3v) is 2.85. The number of rotatable bonds is 7. The van der Waals surface area contributed by atoms with E-state index in [4.69, 9.17) is 0 Å². The lowest BCUT2D eigenvalue weighted by molar-refractivity contribution is 0.0954. The Balaban J connectivity index is 2.40. The van der Waals surface area contributed by atoms with Gasteiger partial charge < -0.3 is 5.11 Å². The molecule has 0 atom stereocenters. The second-order valence-corrected chi connectivity index (χ2v) is 4.65. The quantitative estimate of drug-likeness (QED) is 0.449. The number of hydrogen-bond acceptors (Lipinski definition) is 3. The molecule has 2 N–H and O–H groups in total. The van der Waals surface area contributed by atoms with Gasteiger partial charge in [0.05, 0.1) is 0 Å². The van der Waals surface area contributed by atoms with Crippen molar-refractivity contribution in [3.05, 3.63) is 29.8 Å². The van der Waals surface area contributed by atoms with Crippen LogP contribution in [0.1, 0.15) is 56.3 Å². The van der Waals surface area contributed by atoms with E-state index in [0.717, 1.165) is 18.6 Å². The number of phenols is 1. The Morgan fingerprint density at radius 3 is 2.79 bits per heavy atom. The van der Waals surface area contributed by atoms with Crippen molar-refractivity contribution in [3.8, 4) is 5.75 Å². The molecule has 0 aliphatic heterocycles. The van der Waals surface area contributed by atoms with E-state index in [1.54, 1.807) is 12.1 Å². The zero-order chi connectivity index (χ0) is 14.1. The Morgan fingerprint density at radius 1 is 1.32 bits per heavy atom. The zero-order valence-electron chi connectivity index (χ0n) is 11.6. The number of benzene rings is 1. The minimum Gasteiger partial charge on any atom is -0.508 e. The van der Waals surface area contributed by atoms with Gasteiger partial charge in [-0.25, -0.2) is 5.43 Å². The van der Waals surface area contributed by atoms with Gasteiger partial charge in [0.25, 0.3) is 5.91 Å². The standard InChI is InChI=1S/C15H22N2O2/c1-3-4-5-6-8-12(2)16-17-15(19)13-9-7-10-14(18)11-13/h7,9-11,18H,3-6,8H2,1-2H3,(H,17,19)/b16-12+. The molecule has 19 heavy (non-hydrogen) atoms. The molecule has 0 aromatic heterocycles. The summed E-state index contributed by atoms with van der Waals surface area (Å²) in [7, 11) is 0. The first-order valence-corrected chi connectivity index (χ1v) is 6.76. The molecule has 0 radical (unpaired) electrons. The predicted octanol–water partition coefficient (Wildman–Crippen LogP) is 3.47. The van der Waals surface area contributed by atoms with Crippen molar-refractivity contribution in [1.82, 2.24) is 5.43 Å². The van der Waals surface area contributed by atoms with Gasteiger partial charge in [0.1, 0.15) is 5.75 Å². The molecule has 0 aliphatic rings. The van der Waals surface area contributed by atoms with E-state index < -0.39 is 0 Å². The van der Waals surface area contributed by atoms with Crippen LogP contribution in [-0.4, -0.2) is 16.7 Å². The molecule has 1 amide bonds. The zero-order valence-corrected chi connectivity index (χ0v) is 11.6. The molecule has 4 heteroatoms. The number of nitrogens with zero attached hydrogens (tertiary/aromatic N) is 1. The highest BCUT2D eigenvalue weighted by Gasteiger charge is 2.04. The number of amides is 1.